The maximum absolute atomic E-state index is 14.5. The molecule has 4 aromatic rings. The highest BCUT2D eigenvalue weighted by Crippen LogP contribution is 2.40. The van der Waals surface area contributed by atoms with Crippen LogP contribution in [-0.4, -0.2) is 28.9 Å². The van der Waals surface area contributed by atoms with Gasteiger partial charge in [0.25, 0.3) is 5.91 Å². The van der Waals surface area contributed by atoms with Gasteiger partial charge < -0.3 is 9.64 Å². The van der Waals surface area contributed by atoms with E-state index in [1.54, 1.807) is 13.3 Å². The Balaban J connectivity index is 1.57. The van der Waals surface area contributed by atoms with Crippen LogP contribution in [0, 0.1) is 18.6 Å². The highest BCUT2D eigenvalue weighted by molar-refractivity contribution is 7.21. The Morgan fingerprint density at radius 3 is 2.51 bits per heavy atom. The molecule has 2 heterocycles. The van der Waals surface area contributed by atoms with Crippen molar-refractivity contribution in [1.82, 2.24) is 9.88 Å². The van der Waals surface area contributed by atoms with E-state index in [1.807, 2.05) is 42.2 Å². The van der Waals surface area contributed by atoms with Crippen molar-refractivity contribution in [2.24, 2.45) is 0 Å². The second kappa shape index (κ2) is 10.8. The quantitative estimate of drug-likeness (QED) is 0.247. The van der Waals surface area contributed by atoms with Gasteiger partial charge in [0, 0.05) is 30.0 Å². The van der Waals surface area contributed by atoms with Crippen molar-refractivity contribution >= 4 is 38.9 Å². The molecule has 0 saturated heterocycles. The maximum atomic E-state index is 14.5. The number of aryl methyl sites for hydroxylation is 1. The van der Waals surface area contributed by atoms with Gasteiger partial charge in [-0.1, -0.05) is 36.9 Å². The number of fused-ring (bicyclic) bond motifs is 1. The molecule has 0 unspecified atom stereocenters. The number of thiophene rings is 1. The normalized spacial score (nSPS) is 14.2. The average molecular weight is 541 g/mol. The summed E-state index contributed by atoms with van der Waals surface area (Å²) in [5.41, 5.74) is 3.77. The maximum Gasteiger partial charge on any atom is 0.266 e. The topological polar surface area (TPSA) is 42.4 Å². The van der Waals surface area contributed by atoms with Crippen LogP contribution in [0.3, 0.4) is 0 Å². The largest absolute Gasteiger partial charge is 0.496 e. The molecule has 0 aliphatic heterocycles. The van der Waals surface area contributed by atoms with Crippen LogP contribution in [0.4, 0.5) is 8.78 Å². The second-order valence-electron chi connectivity index (χ2n) is 9.42. The minimum absolute atomic E-state index is 0.00578. The molecule has 0 spiro atoms. The van der Waals surface area contributed by atoms with E-state index in [9.17, 15) is 13.6 Å². The zero-order valence-corrected chi connectivity index (χ0v) is 22.3. The molecular formula is C29H27ClF2N2O2S. The van der Waals surface area contributed by atoms with Crippen LogP contribution in [0.5, 0.6) is 5.75 Å². The summed E-state index contributed by atoms with van der Waals surface area (Å²) >= 11 is 7.43. The first-order valence-corrected chi connectivity index (χ1v) is 13.5. The molecule has 4 nitrogen and oxygen atoms in total. The SMILES string of the molecule is COc1ccc(-c2ccnc(C)c2)cc1CN(C(=O)c1sc2c(F)ccc(F)c2c1Cl)C1CCCCC1. The smallest absolute Gasteiger partial charge is 0.266 e. The highest BCUT2D eigenvalue weighted by Gasteiger charge is 2.31. The number of carbonyl (C=O) groups is 1. The number of methoxy groups -OCH3 is 1. The molecule has 1 aliphatic carbocycles. The number of nitrogens with zero attached hydrogens (tertiary/aromatic N) is 2. The summed E-state index contributed by atoms with van der Waals surface area (Å²) in [6.45, 7) is 2.23. The molecule has 0 bridgehead atoms. The van der Waals surface area contributed by atoms with E-state index in [0.29, 0.717) is 12.3 Å². The predicted octanol–water partition coefficient (Wildman–Crippen LogP) is 8.19. The fourth-order valence-electron chi connectivity index (χ4n) is 5.12. The lowest BCUT2D eigenvalue weighted by molar-refractivity contribution is 0.0618. The number of hydrogen-bond acceptors (Lipinski definition) is 4. The van der Waals surface area contributed by atoms with Gasteiger partial charge in [-0.05, 0) is 67.3 Å². The van der Waals surface area contributed by atoms with Crippen molar-refractivity contribution in [2.75, 3.05) is 7.11 Å². The molecule has 1 fully saturated rings. The van der Waals surface area contributed by atoms with E-state index in [1.165, 1.54) is 0 Å². The third-order valence-corrected chi connectivity index (χ3v) is 8.68. The summed E-state index contributed by atoms with van der Waals surface area (Å²) in [6.07, 6.45) is 6.66. The number of carbonyl (C=O) groups excluding carboxylic acids is 1. The summed E-state index contributed by atoms with van der Waals surface area (Å²) in [6, 6.07) is 12.0. The molecule has 0 atom stereocenters. The van der Waals surface area contributed by atoms with Gasteiger partial charge in [0.05, 0.1) is 22.2 Å². The molecule has 0 N–H and O–H groups in total. The minimum Gasteiger partial charge on any atom is -0.496 e. The molecule has 1 amide bonds. The number of pyridine rings is 1. The van der Waals surface area contributed by atoms with E-state index in [-0.39, 0.29) is 31.9 Å². The number of hydrogen-bond donors (Lipinski definition) is 0. The molecule has 5 rings (SSSR count). The first kappa shape index (κ1) is 25.6. The van der Waals surface area contributed by atoms with Gasteiger partial charge in [-0.3, -0.25) is 9.78 Å². The van der Waals surface area contributed by atoms with Crippen molar-refractivity contribution in [2.45, 2.75) is 51.6 Å². The average Bonchev–Trinajstić information content (AvgIpc) is 3.27. The third kappa shape index (κ3) is 5.07. The van der Waals surface area contributed by atoms with Gasteiger partial charge in [0.15, 0.2) is 0 Å². The van der Waals surface area contributed by atoms with Gasteiger partial charge in [0.1, 0.15) is 22.3 Å². The summed E-state index contributed by atoms with van der Waals surface area (Å²) < 4.78 is 34.8. The Morgan fingerprint density at radius 2 is 1.81 bits per heavy atom. The van der Waals surface area contributed by atoms with Crippen molar-refractivity contribution < 1.29 is 18.3 Å². The van der Waals surface area contributed by atoms with Crippen molar-refractivity contribution in [3.63, 3.8) is 0 Å². The summed E-state index contributed by atoms with van der Waals surface area (Å²) in [5, 5.41) is -0.0676. The molecule has 37 heavy (non-hydrogen) atoms. The second-order valence-corrected chi connectivity index (χ2v) is 10.8. The summed E-state index contributed by atoms with van der Waals surface area (Å²) in [4.78, 5) is 20.3. The molecule has 8 heteroatoms. The number of rotatable bonds is 6. The van der Waals surface area contributed by atoms with Crippen LogP contribution in [0.2, 0.25) is 5.02 Å². The molecule has 0 radical (unpaired) electrons. The lowest BCUT2D eigenvalue weighted by Gasteiger charge is -2.34. The first-order chi connectivity index (χ1) is 17.9. The first-order valence-electron chi connectivity index (χ1n) is 12.3. The van der Waals surface area contributed by atoms with E-state index in [4.69, 9.17) is 16.3 Å². The summed E-state index contributed by atoms with van der Waals surface area (Å²) in [7, 11) is 1.61. The number of halogens is 3. The molecule has 192 valence electrons. The predicted molar refractivity (Wildman–Crippen MR) is 144 cm³/mol. The van der Waals surface area contributed by atoms with Crippen molar-refractivity contribution in [1.29, 1.82) is 0 Å². The molecular weight excluding hydrogens is 514 g/mol. The fourth-order valence-corrected chi connectivity index (χ4v) is 6.62. The molecule has 1 saturated carbocycles. The Kier molecular flexibility index (Phi) is 7.45. The Morgan fingerprint density at radius 1 is 1.08 bits per heavy atom. The lowest BCUT2D eigenvalue weighted by Crippen LogP contribution is -2.40. The van der Waals surface area contributed by atoms with Gasteiger partial charge in [-0.15, -0.1) is 11.3 Å². The zero-order valence-electron chi connectivity index (χ0n) is 20.7. The fraction of sp³-hybridized carbons (Fsp3) is 0.310. The van der Waals surface area contributed by atoms with E-state index >= 15 is 0 Å². The van der Waals surface area contributed by atoms with E-state index in [2.05, 4.69) is 4.98 Å². The van der Waals surface area contributed by atoms with Gasteiger partial charge >= 0.3 is 0 Å². The van der Waals surface area contributed by atoms with E-state index in [0.717, 1.165) is 78.0 Å². The Bertz CT molecular complexity index is 1470. The zero-order chi connectivity index (χ0) is 26.1. The number of amides is 1. The summed E-state index contributed by atoms with van der Waals surface area (Å²) in [5.74, 6) is -0.872. The highest BCUT2D eigenvalue weighted by atomic mass is 35.5. The van der Waals surface area contributed by atoms with Crippen LogP contribution in [-0.2, 0) is 6.54 Å². The van der Waals surface area contributed by atoms with Crippen LogP contribution in [0.15, 0.2) is 48.7 Å². The standard InChI is InChI=1S/C29H27ClF2N2O2S/c1-17-14-19(12-13-33-17)18-8-11-24(36-2)20(15-18)16-34(21-6-4-3-5-7-21)29(35)28-26(30)25-22(31)9-10-23(32)27(25)37-28/h8-15,21H,3-7,16H2,1-2H3. The Hall–Kier alpha value is -3.03. The van der Waals surface area contributed by atoms with Crippen molar-refractivity contribution in [3.05, 3.63) is 81.5 Å². The Labute approximate surface area is 223 Å². The van der Waals surface area contributed by atoms with Crippen LogP contribution >= 0.6 is 22.9 Å². The molecule has 1 aliphatic rings. The minimum atomic E-state index is -0.636. The van der Waals surface area contributed by atoms with Crippen LogP contribution in [0.1, 0.15) is 53.0 Å². The monoisotopic (exact) mass is 540 g/mol. The van der Waals surface area contributed by atoms with Crippen LogP contribution in [0.25, 0.3) is 21.2 Å². The van der Waals surface area contributed by atoms with Crippen LogP contribution < -0.4 is 4.74 Å². The van der Waals surface area contributed by atoms with Gasteiger partial charge in [0.2, 0.25) is 0 Å². The van der Waals surface area contributed by atoms with Crippen molar-refractivity contribution in [3.8, 4) is 16.9 Å². The number of benzene rings is 2. The number of aromatic nitrogens is 1. The van der Waals surface area contributed by atoms with Gasteiger partial charge in [-0.25, -0.2) is 8.78 Å². The lowest BCUT2D eigenvalue weighted by atomic mass is 9.93. The van der Waals surface area contributed by atoms with Gasteiger partial charge in [-0.2, -0.15) is 0 Å². The number of ether oxygens (including phenoxy) is 1. The van der Waals surface area contributed by atoms with E-state index < -0.39 is 11.6 Å². The molecule has 2 aromatic carbocycles. The molecule has 2 aromatic heterocycles. The third-order valence-electron chi connectivity index (χ3n) is 7.00.